The van der Waals surface area contributed by atoms with E-state index in [0.29, 0.717) is 31.4 Å². The summed E-state index contributed by atoms with van der Waals surface area (Å²) in [5.41, 5.74) is 0.239. The van der Waals surface area contributed by atoms with Gasteiger partial charge < -0.3 is 19.3 Å². The Balaban J connectivity index is 0.000000222. The van der Waals surface area contributed by atoms with E-state index in [0.717, 1.165) is 17.3 Å². The molecule has 4 aromatic heterocycles. The number of hydrogen-bond donors (Lipinski definition) is 1. The van der Waals surface area contributed by atoms with E-state index in [9.17, 15) is 19.2 Å². The first kappa shape index (κ1) is 30.6. The number of ether oxygens (including phenoxy) is 3. The van der Waals surface area contributed by atoms with Crippen molar-refractivity contribution in [3.8, 4) is 22.8 Å². The van der Waals surface area contributed by atoms with Crippen molar-refractivity contribution in [1.82, 2.24) is 19.1 Å². The largest absolute Gasteiger partial charge is 0.477 e. The number of carbonyl (C=O) groups excluding carboxylic acids is 1. The van der Waals surface area contributed by atoms with Crippen LogP contribution in [-0.4, -0.2) is 70.2 Å². The Bertz CT molecular complexity index is 1530. The number of rotatable bonds is 11. The summed E-state index contributed by atoms with van der Waals surface area (Å²) in [5.74, 6) is -0.960. The fourth-order valence-corrected chi connectivity index (χ4v) is 4.77. The van der Waals surface area contributed by atoms with Crippen LogP contribution in [0.25, 0.3) is 22.8 Å². The number of carbonyl (C=O) groups is 2. The van der Waals surface area contributed by atoms with Crippen molar-refractivity contribution in [3.63, 3.8) is 0 Å². The summed E-state index contributed by atoms with van der Waals surface area (Å²) in [5, 5.41) is 16.5. The molecule has 0 aliphatic rings. The SMILES string of the molecule is CCOC(=O)c1cnc(-c2ccsc2)n(CCOC)c1=O.COCCn1c(-c2ccsc2)ncc(C(=O)O)c1=O. The molecule has 0 fully saturated rings. The molecule has 0 saturated carbocycles. The zero-order valence-electron chi connectivity index (χ0n) is 22.1. The molecule has 0 saturated heterocycles. The number of esters is 1. The van der Waals surface area contributed by atoms with Gasteiger partial charge in [0.05, 0.1) is 32.9 Å². The minimum absolute atomic E-state index is 0.0630. The normalized spacial score (nSPS) is 10.6. The van der Waals surface area contributed by atoms with E-state index in [1.54, 1.807) is 14.0 Å². The first-order valence-electron chi connectivity index (χ1n) is 12.0. The molecule has 0 atom stereocenters. The number of carboxylic acids is 1. The molecule has 0 bridgehead atoms. The summed E-state index contributed by atoms with van der Waals surface area (Å²) < 4.78 is 17.6. The molecule has 0 radical (unpaired) electrons. The topological polar surface area (TPSA) is 152 Å². The third kappa shape index (κ3) is 7.35. The second-order valence-electron chi connectivity index (χ2n) is 7.94. The summed E-state index contributed by atoms with van der Waals surface area (Å²) in [6.45, 7) is 3.14. The Morgan fingerprint density at radius 1 is 0.850 bits per heavy atom. The highest BCUT2D eigenvalue weighted by molar-refractivity contribution is 7.08. The van der Waals surface area contributed by atoms with Crippen LogP contribution in [0.15, 0.2) is 55.6 Å². The molecular weight excluding hydrogens is 560 g/mol. The van der Waals surface area contributed by atoms with Crippen molar-refractivity contribution < 1.29 is 28.9 Å². The van der Waals surface area contributed by atoms with E-state index in [1.807, 2.05) is 33.7 Å². The van der Waals surface area contributed by atoms with Gasteiger partial charge in [-0.2, -0.15) is 22.7 Å². The molecule has 0 aliphatic carbocycles. The zero-order chi connectivity index (χ0) is 29.1. The van der Waals surface area contributed by atoms with Gasteiger partial charge in [0.2, 0.25) is 0 Å². The maximum Gasteiger partial charge on any atom is 0.345 e. The van der Waals surface area contributed by atoms with Crippen LogP contribution in [0.3, 0.4) is 0 Å². The summed E-state index contributed by atoms with van der Waals surface area (Å²) >= 11 is 2.99. The van der Waals surface area contributed by atoms with E-state index in [1.165, 1.54) is 45.1 Å². The van der Waals surface area contributed by atoms with Gasteiger partial charge in [-0.05, 0) is 29.8 Å². The van der Waals surface area contributed by atoms with Crippen LogP contribution in [0.1, 0.15) is 27.6 Å². The number of aromatic carboxylic acids is 1. The van der Waals surface area contributed by atoms with Crippen molar-refractivity contribution >= 4 is 34.6 Å². The average molecular weight is 589 g/mol. The molecule has 4 heterocycles. The molecule has 0 aromatic carbocycles. The Morgan fingerprint density at radius 3 is 1.73 bits per heavy atom. The van der Waals surface area contributed by atoms with Crippen molar-refractivity contribution in [2.45, 2.75) is 20.0 Å². The van der Waals surface area contributed by atoms with Crippen LogP contribution in [-0.2, 0) is 27.3 Å². The van der Waals surface area contributed by atoms with Gasteiger partial charge in [0.25, 0.3) is 11.1 Å². The number of thiophene rings is 2. The van der Waals surface area contributed by atoms with Crippen LogP contribution in [0, 0.1) is 0 Å². The first-order valence-corrected chi connectivity index (χ1v) is 13.9. The van der Waals surface area contributed by atoms with Crippen LogP contribution >= 0.6 is 22.7 Å². The fourth-order valence-electron chi connectivity index (χ4n) is 3.50. The standard InChI is InChI=1S/C14H16N2O4S.C12H12N2O4S/c1-3-20-14(18)11-8-15-12(10-4-7-21-9-10)16(13(11)17)5-6-19-2;1-18-4-3-14-10(8-2-5-19-7-8)13-6-9(11(14)15)12(16)17/h4,7-9H,3,5-6H2,1-2H3;2,5-7H,3-4H2,1H3,(H,16,17). The van der Waals surface area contributed by atoms with E-state index >= 15 is 0 Å². The monoisotopic (exact) mass is 588 g/mol. The Labute approximate surface area is 237 Å². The maximum atomic E-state index is 12.5. The molecule has 12 nitrogen and oxygen atoms in total. The minimum atomic E-state index is -1.28. The molecule has 4 aromatic rings. The lowest BCUT2D eigenvalue weighted by Gasteiger charge is -2.12. The molecule has 212 valence electrons. The lowest BCUT2D eigenvalue weighted by molar-refractivity contribution is 0.0522. The predicted octanol–water partition coefficient (Wildman–Crippen LogP) is 3.11. The average Bonchev–Trinajstić information content (AvgIpc) is 3.67. The van der Waals surface area contributed by atoms with Gasteiger partial charge in [0, 0.05) is 48.5 Å². The predicted molar refractivity (Wildman–Crippen MR) is 150 cm³/mol. The maximum absolute atomic E-state index is 12.5. The molecule has 40 heavy (non-hydrogen) atoms. The Morgan fingerprint density at radius 2 is 1.32 bits per heavy atom. The van der Waals surface area contributed by atoms with Gasteiger partial charge in [0.1, 0.15) is 22.8 Å². The fraction of sp³-hybridized carbons (Fsp3) is 0.308. The van der Waals surface area contributed by atoms with Crippen LogP contribution in [0.4, 0.5) is 0 Å². The van der Waals surface area contributed by atoms with E-state index in [-0.39, 0.29) is 24.3 Å². The quantitative estimate of drug-likeness (QED) is 0.259. The molecule has 4 rings (SSSR count). The van der Waals surface area contributed by atoms with Crippen molar-refractivity contribution in [2.75, 3.05) is 34.0 Å². The molecule has 0 unspecified atom stereocenters. The first-order chi connectivity index (χ1) is 19.3. The zero-order valence-corrected chi connectivity index (χ0v) is 23.7. The van der Waals surface area contributed by atoms with Crippen LogP contribution < -0.4 is 11.1 Å². The van der Waals surface area contributed by atoms with Crippen molar-refractivity contribution in [3.05, 3.63) is 77.9 Å². The third-order valence-corrected chi connectivity index (χ3v) is 6.78. The van der Waals surface area contributed by atoms with Gasteiger partial charge in [0.15, 0.2) is 0 Å². The van der Waals surface area contributed by atoms with Gasteiger partial charge in [-0.3, -0.25) is 18.7 Å². The second-order valence-corrected chi connectivity index (χ2v) is 9.50. The van der Waals surface area contributed by atoms with E-state index in [2.05, 4.69) is 9.97 Å². The highest BCUT2D eigenvalue weighted by Crippen LogP contribution is 2.20. The number of methoxy groups -OCH3 is 2. The highest BCUT2D eigenvalue weighted by Gasteiger charge is 2.18. The molecule has 0 spiro atoms. The molecule has 0 amide bonds. The number of carboxylic acid groups (broad SMARTS) is 1. The summed E-state index contributed by atoms with van der Waals surface area (Å²) in [4.78, 5) is 55.7. The molecule has 1 N–H and O–H groups in total. The lowest BCUT2D eigenvalue weighted by atomic mass is 10.2. The molecule has 0 aliphatic heterocycles. The van der Waals surface area contributed by atoms with Gasteiger partial charge in [-0.25, -0.2) is 19.6 Å². The van der Waals surface area contributed by atoms with Gasteiger partial charge in [-0.1, -0.05) is 0 Å². The number of hydrogen-bond acceptors (Lipinski definition) is 11. The van der Waals surface area contributed by atoms with E-state index in [4.69, 9.17) is 19.3 Å². The minimum Gasteiger partial charge on any atom is -0.477 e. The second kappa shape index (κ2) is 15.0. The van der Waals surface area contributed by atoms with Gasteiger partial charge in [-0.15, -0.1) is 0 Å². The van der Waals surface area contributed by atoms with Crippen LogP contribution in [0.5, 0.6) is 0 Å². The smallest absolute Gasteiger partial charge is 0.345 e. The van der Waals surface area contributed by atoms with E-state index < -0.39 is 23.1 Å². The number of aromatic nitrogens is 4. The number of nitrogens with zero attached hydrogens (tertiary/aromatic N) is 4. The van der Waals surface area contributed by atoms with Crippen molar-refractivity contribution in [1.29, 1.82) is 0 Å². The third-order valence-electron chi connectivity index (χ3n) is 5.42. The highest BCUT2D eigenvalue weighted by atomic mass is 32.1. The Hall–Kier alpha value is -3.98. The Kier molecular flexibility index (Phi) is 11.4. The van der Waals surface area contributed by atoms with Crippen LogP contribution in [0.2, 0.25) is 0 Å². The summed E-state index contributed by atoms with van der Waals surface area (Å²) in [6.07, 6.45) is 2.37. The molecular formula is C26H28N4O8S2. The van der Waals surface area contributed by atoms with Gasteiger partial charge >= 0.3 is 11.9 Å². The lowest BCUT2D eigenvalue weighted by Crippen LogP contribution is -2.30. The summed E-state index contributed by atoms with van der Waals surface area (Å²) in [6, 6.07) is 3.70. The molecule has 14 heteroatoms. The summed E-state index contributed by atoms with van der Waals surface area (Å²) in [7, 11) is 3.07. The van der Waals surface area contributed by atoms with Crippen molar-refractivity contribution in [2.24, 2.45) is 0 Å².